The molecule has 0 aliphatic rings. The minimum Gasteiger partial charge on any atom is -0.507 e. The molecule has 0 amide bonds. The lowest BCUT2D eigenvalue weighted by Crippen LogP contribution is -2.20. The van der Waals surface area contributed by atoms with Crippen molar-refractivity contribution in [3.8, 4) is 5.75 Å². The first-order valence-electron chi connectivity index (χ1n) is 7.68. The monoisotopic (exact) mass is 317 g/mol. The molecule has 2 aromatic rings. The Morgan fingerprint density at radius 1 is 1.05 bits per heavy atom. The Labute approximate surface area is 138 Å². The summed E-state index contributed by atoms with van der Waals surface area (Å²) in [6.07, 6.45) is 0. The van der Waals surface area contributed by atoms with Gasteiger partial charge in [-0.25, -0.2) is 0 Å². The van der Waals surface area contributed by atoms with Crippen LogP contribution in [0.25, 0.3) is 0 Å². The van der Waals surface area contributed by atoms with Gasteiger partial charge in [0, 0.05) is 10.4 Å². The maximum atomic E-state index is 10.8. The minimum atomic E-state index is -0.289. The Kier molecular flexibility index (Phi) is 4.42. The topological polar surface area (TPSA) is 46.2 Å². The van der Waals surface area contributed by atoms with Gasteiger partial charge in [-0.3, -0.25) is 0 Å². The highest BCUT2D eigenvalue weighted by Crippen LogP contribution is 2.41. The fraction of sp³-hybridized carbons (Fsp3) is 0.474. The Bertz CT molecular complexity index is 645. The van der Waals surface area contributed by atoms with E-state index in [2.05, 4.69) is 53.7 Å². The smallest absolute Gasteiger partial charge is 0.124 e. The molecule has 2 rings (SSSR count). The second kappa shape index (κ2) is 5.71. The maximum Gasteiger partial charge on any atom is 0.124 e. The van der Waals surface area contributed by atoms with Crippen molar-refractivity contribution in [2.45, 2.75) is 58.4 Å². The third-order valence-electron chi connectivity index (χ3n) is 4.00. The fourth-order valence-corrected chi connectivity index (χ4v) is 3.27. The first kappa shape index (κ1) is 17.0. The number of thiophene rings is 1. The summed E-state index contributed by atoms with van der Waals surface area (Å²) in [6.45, 7) is 12.9. The molecule has 1 aromatic carbocycles. The quantitative estimate of drug-likeness (QED) is 0.809. The second-order valence-electron chi connectivity index (χ2n) is 7.95. The van der Waals surface area contributed by atoms with E-state index < -0.39 is 0 Å². The predicted molar refractivity (Wildman–Crippen MR) is 95.9 cm³/mol. The normalized spacial score (nSPS) is 14.1. The molecule has 0 saturated heterocycles. The van der Waals surface area contributed by atoms with Crippen molar-refractivity contribution in [1.82, 2.24) is 0 Å². The summed E-state index contributed by atoms with van der Waals surface area (Å²) in [4.78, 5) is 1.07. The van der Waals surface area contributed by atoms with Gasteiger partial charge in [0.05, 0.1) is 6.04 Å². The summed E-state index contributed by atoms with van der Waals surface area (Å²) in [5.74, 6) is 0.335. The fourth-order valence-electron chi connectivity index (χ4n) is 2.52. The molecule has 0 aliphatic carbocycles. The van der Waals surface area contributed by atoms with Crippen molar-refractivity contribution in [2.24, 2.45) is 5.73 Å². The van der Waals surface area contributed by atoms with Crippen LogP contribution in [0.4, 0.5) is 0 Å². The molecule has 0 aliphatic heterocycles. The minimum absolute atomic E-state index is 0.0115. The van der Waals surface area contributed by atoms with Gasteiger partial charge in [-0.1, -0.05) is 53.7 Å². The third-order valence-corrected chi connectivity index (χ3v) is 4.95. The van der Waals surface area contributed by atoms with Gasteiger partial charge >= 0.3 is 0 Å². The molecule has 0 unspecified atom stereocenters. The summed E-state index contributed by atoms with van der Waals surface area (Å²) in [6, 6.07) is 7.92. The molecule has 1 atom stereocenters. The highest BCUT2D eigenvalue weighted by atomic mass is 32.1. The van der Waals surface area contributed by atoms with Crippen LogP contribution in [0.1, 0.15) is 69.2 Å². The molecular weight excluding hydrogens is 290 g/mol. The number of phenols is 1. The SMILES string of the molecule is CC(C)(C)c1cc([C@H](N)c2cccs2)c(O)c(C(C)(C)C)c1. The van der Waals surface area contributed by atoms with E-state index in [-0.39, 0.29) is 16.9 Å². The number of rotatable bonds is 2. The molecule has 3 heteroatoms. The summed E-state index contributed by atoms with van der Waals surface area (Å²) >= 11 is 1.63. The van der Waals surface area contributed by atoms with Crippen LogP contribution in [-0.4, -0.2) is 5.11 Å². The van der Waals surface area contributed by atoms with Crippen molar-refractivity contribution in [1.29, 1.82) is 0 Å². The zero-order chi connectivity index (χ0) is 16.7. The van der Waals surface area contributed by atoms with Gasteiger partial charge in [-0.2, -0.15) is 0 Å². The van der Waals surface area contributed by atoms with E-state index in [0.717, 1.165) is 16.0 Å². The highest BCUT2D eigenvalue weighted by molar-refractivity contribution is 7.10. The van der Waals surface area contributed by atoms with Gasteiger partial charge in [-0.05, 0) is 39.5 Å². The van der Waals surface area contributed by atoms with Crippen molar-refractivity contribution < 1.29 is 5.11 Å². The van der Waals surface area contributed by atoms with Gasteiger partial charge in [0.15, 0.2) is 0 Å². The van der Waals surface area contributed by atoms with Crippen LogP contribution in [0, 0.1) is 0 Å². The van der Waals surface area contributed by atoms with Crippen molar-refractivity contribution in [3.05, 3.63) is 51.2 Å². The summed E-state index contributed by atoms with van der Waals surface area (Å²) < 4.78 is 0. The standard InChI is InChI=1S/C19H27NOS/c1-18(2,3)12-10-13(16(20)15-8-7-9-22-15)17(21)14(11-12)19(4,5)6/h7-11,16,21H,20H2,1-6H3/t16-/m0/s1. The highest BCUT2D eigenvalue weighted by Gasteiger charge is 2.27. The van der Waals surface area contributed by atoms with Gasteiger partial charge < -0.3 is 10.8 Å². The summed E-state index contributed by atoms with van der Waals surface area (Å²) in [5.41, 5.74) is 9.30. The summed E-state index contributed by atoms with van der Waals surface area (Å²) in [5, 5.41) is 12.8. The molecule has 1 heterocycles. The van der Waals surface area contributed by atoms with Crippen LogP contribution in [0.5, 0.6) is 5.75 Å². The number of hydrogen-bond acceptors (Lipinski definition) is 3. The van der Waals surface area contributed by atoms with Crippen LogP contribution < -0.4 is 5.73 Å². The lowest BCUT2D eigenvalue weighted by Gasteiger charge is -2.28. The molecule has 0 bridgehead atoms. The first-order chi connectivity index (χ1) is 10.0. The van der Waals surface area contributed by atoms with Crippen molar-refractivity contribution in [3.63, 3.8) is 0 Å². The zero-order valence-electron chi connectivity index (χ0n) is 14.4. The van der Waals surface area contributed by atoms with Crippen LogP contribution in [0.3, 0.4) is 0 Å². The maximum absolute atomic E-state index is 10.8. The predicted octanol–water partition coefficient (Wildman–Crippen LogP) is 5.10. The number of phenolic OH excluding ortho intramolecular Hbond substituents is 1. The van der Waals surface area contributed by atoms with E-state index in [1.54, 1.807) is 11.3 Å². The molecule has 0 saturated carbocycles. The molecule has 120 valence electrons. The van der Waals surface area contributed by atoms with Crippen LogP contribution in [-0.2, 0) is 10.8 Å². The number of benzene rings is 1. The molecule has 1 aromatic heterocycles. The molecule has 0 spiro atoms. The lowest BCUT2D eigenvalue weighted by atomic mass is 9.78. The van der Waals surface area contributed by atoms with Crippen LogP contribution in [0.2, 0.25) is 0 Å². The van der Waals surface area contributed by atoms with Crippen molar-refractivity contribution in [2.75, 3.05) is 0 Å². The van der Waals surface area contributed by atoms with Crippen LogP contribution >= 0.6 is 11.3 Å². The van der Waals surface area contributed by atoms with E-state index >= 15 is 0 Å². The largest absolute Gasteiger partial charge is 0.507 e. The number of nitrogens with two attached hydrogens (primary N) is 1. The Balaban J connectivity index is 2.67. The molecule has 22 heavy (non-hydrogen) atoms. The van der Waals surface area contributed by atoms with Gasteiger partial charge in [0.2, 0.25) is 0 Å². The van der Waals surface area contributed by atoms with E-state index in [4.69, 9.17) is 5.73 Å². The van der Waals surface area contributed by atoms with E-state index in [1.165, 1.54) is 5.56 Å². The second-order valence-corrected chi connectivity index (χ2v) is 8.93. The number of hydrogen-bond donors (Lipinski definition) is 2. The third kappa shape index (κ3) is 3.36. The zero-order valence-corrected chi connectivity index (χ0v) is 15.2. The van der Waals surface area contributed by atoms with E-state index in [9.17, 15) is 5.11 Å². The Hall–Kier alpha value is -1.32. The van der Waals surface area contributed by atoms with Crippen LogP contribution in [0.15, 0.2) is 29.6 Å². The van der Waals surface area contributed by atoms with Gasteiger partial charge in [0.1, 0.15) is 5.75 Å². The number of aromatic hydroxyl groups is 1. The molecule has 2 nitrogen and oxygen atoms in total. The molecule has 0 fully saturated rings. The average molecular weight is 317 g/mol. The van der Waals surface area contributed by atoms with E-state index in [1.807, 2.05) is 17.5 Å². The van der Waals surface area contributed by atoms with Gasteiger partial charge in [0.25, 0.3) is 0 Å². The Morgan fingerprint density at radius 2 is 1.68 bits per heavy atom. The summed E-state index contributed by atoms with van der Waals surface area (Å²) in [7, 11) is 0. The Morgan fingerprint density at radius 3 is 2.14 bits per heavy atom. The van der Waals surface area contributed by atoms with Crippen molar-refractivity contribution >= 4 is 11.3 Å². The molecule has 3 N–H and O–H groups in total. The first-order valence-corrected chi connectivity index (χ1v) is 8.56. The molecule has 0 radical (unpaired) electrons. The van der Waals surface area contributed by atoms with E-state index in [0.29, 0.717) is 5.75 Å². The lowest BCUT2D eigenvalue weighted by molar-refractivity contribution is 0.436. The average Bonchev–Trinajstić information content (AvgIpc) is 2.89. The van der Waals surface area contributed by atoms with Gasteiger partial charge in [-0.15, -0.1) is 11.3 Å². The molecular formula is C19H27NOS.